The van der Waals surface area contributed by atoms with E-state index in [4.69, 9.17) is 0 Å². The Labute approximate surface area is 178 Å². The zero-order chi connectivity index (χ0) is 21.4. The number of piperidine rings is 1. The Bertz CT molecular complexity index is 950. The number of guanidine groups is 1. The van der Waals surface area contributed by atoms with Gasteiger partial charge in [-0.1, -0.05) is 31.5 Å². The summed E-state index contributed by atoms with van der Waals surface area (Å²) >= 11 is 0. The Kier molecular flexibility index (Phi) is 7.81. The predicted octanol–water partition coefficient (Wildman–Crippen LogP) is 1.38. The Hall–Kier alpha value is -2.46. The van der Waals surface area contributed by atoms with E-state index in [1.54, 1.807) is 29.8 Å². The van der Waals surface area contributed by atoms with E-state index in [9.17, 15) is 8.42 Å². The number of sulfonamides is 1. The van der Waals surface area contributed by atoms with E-state index in [1.165, 1.54) is 0 Å². The van der Waals surface area contributed by atoms with Crippen LogP contribution in [-0.4, -0.2) is 60.1 Å². The van der Waals surface area contributed by atoms with Gasteiger partial charge in [0, 0.05) is 46.2 Å². The summed E-state index contributed by atoms with van der Waals surface area (Å²) in [6.45, 7) is 4.97. The molecule has 0 spiro atoms. The van der Waals surface area contributed by atoms with Crippen LogP contribution in [-0.2, 0) is 29.5 Å². The number of aromatic nitrogens is 3. The summed E-state index contributed by atoms with van der Waals surface area (Å²) in [4.78, 5) is 4.61. The maximum atomic E-state index is 13.1. The lowest BCUT2D eigenvalue weighted by Crippen LogP contribution is -2.39. The van der Waals surface area contributed by atoms with Crippen molar-refractivity contribution < 1.29 is 8.42 Å². The van der Waals surface area contributed by atoms with Crippen molar-refractivity contribution in [1.82, 2.24) is 29.7 Å². The molecule has 30 heavy (non-hydrogen) atoms. The Morgan fingerprint density at radius 3 is 2.67 bits per heavy atom. The Balaban J connectivity index is 1.60. The van der Waals surface area contributed by atoms with Gasteiger partial charge in [-0.25, -0.2) is 8.42 Å². The highest BCUT2D eigenvalue weighted by molar-refractivity contribution is 7.89. The molecule has 1 aliphatic heterocycles. The highest BCUT2D eigenvalue weighted by atomic mass is 32.2. The van der Waals surface area contributed by atoms with Crippen molar-refractivity contribution in [3.05, 3.63) is 42.0 Å². The molecule has 9 nitrogen and oxygen atoms in total. The first-order chi connectivity index (χ1) is 14.6. The molecule has 0 unspecified atom stereocenters. The van der Waals surface area contributed by atoms with E-state index in [0.717, 1.165) is 43.6 Å². The first-order valence-electron chi connectivity index (χ1n) is 10.5. The topological polar surface area (TPSA) is 105 Å². The van der Waals surface area contributed by atoms with Crippen molar-refractivity contribution in [2.24, 2.45) is 4.99 Å². The highest BCUT2D eigenvalue weighted by Gasteiger charge is 2.27. The summed E-state index contributed by atoms with van der Waals surface area (Å²) in [5.74, 6) is 1.56. The van der Waals surface area contributed by atoms with Crippen LogP contribution in [0.15, 0.2) is 40.5 Å². The van der Waals surface area contributed by atoms with Crippen molar-refractivity contribution in [2.45, 2.75) is 50.6 Å². The van der Waals surface area contributed by atoms with Crippen LogP contribution in [0.1, 0.15) is 37.6 Å². The third kappa shape index (κ3) is 5.37. The van der Waals surface area contributed by atoms with E-state index in [1.807, 2.05) is 23.6 Å². The SMILES string of the molecule is CCc1nncn1CCNC(=NC)NCc1ccccc1S(=O)(=O)N1CCCCC1. The molecule has 0 radical (unpaired) electrons. The van der Waals surface area contributed by atoms with E-state index < -0.39 is 10.0 Å². The lowest BCUT2D eigenvalue weighted by atomic mass is 10.2. The first-order valence-corrected chi connectivity index (χ1v) is 11.9. The molecule has 1 aliphatic rings. The summed E-state index contributed by atoms with van der Waals surface area (Å²) in [6.07, 6.45) is 5.48. The molecular formula is C20H31N7O2S. The fourth-order valence-electron chi connectivity index (χ4n) is 3.58. The number of hydrogen-bond acceptors (Lipinski definition) is 5. The van der Waals surface area contributed by atoms with Gasteiger partial charge in [0.2, 0.25) is 10.0 Å². The second-order valence-corrected chi connectivity index (χ2v) is 9.13. The number of aliphatic imine (C=N–C) groups is 1. The van der Waals surface area contributed by atoms with Crippen LogP contribution in [0, 0.1) is 0 Å². The summed E-state index contributed by atoms with van der Waals surface area (Å²) in [6, 6.07) is 7.18. The number of rotatable bonds is 8. The molecule has 0 aliphatic carbocycles. The predicted molar refractivity (Wildman–Crippen MR) is 117 cm³/mol. The van der Waals surface area contributed by atoms with Crippen LogP contribution in [0.3, 0.4) is 0 Å². The van der Waals surface area contributed by atoms with Gasteiger partial charge in [-0.2, -0.15) is 4.31 Å². The molecular weight excluding hydrogens is 402 g/mol. The van der Waals surface area contributed by atoms with Gasteiger partial charge >= 0.3 is 0 Å². The molecule has 0 amide bonds. The fourth-order valence-corrected chi connectivity index (χ4v) is 5.32. The molecule has 1 aromatic heterocycles. The van der Waals surface area contributed by atoms with Crippen LogP contribution in [0.25, 0.3) is 0 Å². The lowest BCUT2D eigenvalue weighted by molar-refractivity contribution is 0.346. The number of hydrogen-bond donors (Lipinski definition) is 2. The average Bonchev–Trinajstić information content (AvgIpc) is 3.24. The standard InChI is InChI=1S/C20H31N7O2S/c1-3-19-25-24-16-26(19)14-11-22-20(21-2)23-15-17-9-5-6-10-18(17)30(28,29)27-12-7-4-8-13-27/h5-6,9-10,16H,3-4,7-8,11-15H2,1-2H3,(H2,21,22,23). The van der Waals surface area contributed by atoms with E-state index in [2.05, 4.69) is 25.8 Å². The van der Waals surface area contributed by atoms with Crippen LogP contribution in [0.2, 0.25) is 0 Å². The third-order valence-corrected chi connectivity index (χ3v) is 7.23. The second kappa shape index (κ2) is 10.5. The maximum absolute atomic E-state index is 13.1. The summed E-state index contributed by atoms with van der Waals surface area (Å²) in [7, 11) is -1.79. The molecule has 1 saturated heterocycles. The number of nitrogens with one attached hydrogen (secondary N) is 2. The molecule has 1 aromatic carbocycles. The van der Waals surface area contributed by atoms with Crippen LogP contribution in [0.4, 0.5) is 0 Å². The van der Waals surface area contributed by atoms with E-state index >= 15 is 0 Å². The normalized spacial score (nSPS) is 15.9. The molecule has 164 valence electrons. The summed E-state index contributed by atoms with van der Waals surface area (Å²) in [5, 5.41) is 14.5. The molecule has 2 heterocycles. The minimum atomic E-state index is -3.49. The Morgan fingerprint density at radius 2 is 1.93 bits per heavy atom. The minimum absolute atomic E-state index is 0.368. The first kappa shape index (κ1) is 22.2. The Morgan fingerprint density at radius 1 is 1.17 bits per heavy atom. The molecule has 1 fully saturated rings. The van der Waals surface area contributed by atoms with Crippen LogP contribution in [0.5, 0.6) is 0 Å². The number of nitrogens with zero attached hydrogens (tertiary/aromatic N) is 5. The molecule has 2 N–H and O–H groups in total. The van der Waals surface area contributed by atoms with E-state index in [-0.39, 0.29) is 0 Å². The highest BCUT2D eigenvalue weighted by Crippen LogP contribution is 2.23. The quantitative estimate of drug-likeness (QED) is 0.481. The largest absolute Gasteiger partial charge is 0.355 e. The van der Waals surface area contributed by atoms with Gasteiger partial charge in [0.1, 0.15) is 12.2 Å². The monoisotopic (exact) mass is 433 g/mol. The zero-order valence-corrected chi connectivity index (χ0v) is 18.5. The van der Waals surface area contributed by atoms with E-state index in [0.29, 0.717) is 37.0 Å². The van der Waals surface area contributed by atoms with Gasteiger partial charge in [0.25, 0.3) is 0 Å². The van der Waals surface area contributed by atoms with Crippen molar-refractivity contribution >= 4 is 16.0 Å². The summed E-state index contributed by atoms with van der Waals surface area (Å²) < 4.78 is 29.9. The van der Waals surface area contributed by atoms with Crippen molar-refractivity contribution in [3.8, 4) is 0 Å². The fraction of sp³-hybridized carbons (Fsp3) is 0.550. The molecule has 0 atom stereocenters. The molecule has 2 aromatic rings. The van der Waals surface area contributed by atoms with Crippen LogP contribution < -0.4 is 10.6 Å². The minimum Gasteiger partial charge on any atom is -0.355 e. The molecule has 0 saturated carbocycles. The smallest absolute Gasteiger partial charge is 0.243 e. The average molecular weight is 434 g/mol. The molecule has 10 heteroatoms. The van der Waals surface area contributed by atoms with Gasteiger partial charge in [0.05, 0.1) is 4.90 Å². The van der Waals surface area contributed by atoms with Crippen molar-refractivity contribution in [3.63, 3.8) is 0 Å². The maximum Gasteiger partial charge on any atom is 0.243 e. The lowest BCUT2D eigenvalue weighted by Gasteiger charge is -2.27. The van der Waals surface area contributed by atoms with Crippen molar-refractivity contribution in [1.29, 1.82) is 0 Å². The zero-order valence-electron chi connectivity index (χ0n) is 17.7. The molecule has 0 bridgehead atoms. The number of aryl methyl sites for hydroxylation is 1. The molecule has 3 rings (SSSR count). The van der Waals surface area contributed by atoms with Gasteiger partial charge < -0.3 is 15.2 Å². The van der Waals surface area contributed by atoms with Crippen LogP contribution >= 0.6 is 0 Å². The van der Waals surface area contributed by atoms with Gasteiger partial charge in [0.15, 0.2) is 5.96 Å². The van der Waals surface area contributed by atoms with Gasteiger partial charge in [-0.05, 0) is 24.5 Å². The van der Waals surface area contributed by atoms with Crippen molar-refractivity contribution in [2.75, 3.05) is 26.7 Å². The number of benzene rings is 1. The van der Waals surface area contributed by atoms with Gasteiger partial charge in [-0.15, -0.1) is 10.2 Å². The third-order valence-electron chi connectivity index (χ3n) is 5.23. The summed E-state index contributed by atoms with van der Waals surface area (Å²) in [5.41, 5.74) is 0.734. The van der Waals surface area contributed by atoms with Gasteiger partial charge in [-0.3, -0.25) is 4.99 Å². The second-order valence-electron chi connectivity index (χ2n) is 7.22.